The summed E-state index contributed by atoms with van der Waals surface area (Å²) in [6.07, 6.45) is 2.09. The Morgan fingerprint density at radius 1 is 1.14 bits per heavy atom. The van der Waals surface area contributed by atoms with E-state index in [1.54, 1.807) is 0 Å². The highest BCUT2D eigenvalue weighted by molar-refractivity contribution is 4.65. The molecule has 0 aliphatic heterocycles. The molecule has 86 valence electrons. The molecule has 1 atom stereocenters. The molecular formula is C11H26N2O. The van der Waals surface area contributed by atoms with Gasteiger partial charge in [-0.05, 0) is 32.5 Å². The first-order valence-corrected chi connectivity index (χ1v) is 5.85. The number of nitrogens with one attached hydrogen (secondary N) is 1. The molecule has 0 radical (unpaired) electrons. The minimum Gasteiger partial charge on any atom is -0.390 e. The van der Waals surface area contributed by atoms with Gasteiger partial charge in [0.25, 0.3) is 0 Å². The molecule has 0 rings (SSSR count). The highest BCUT2D eigenvalue weighted by Gasteiger charge is 2.09. The van der Waals surface area contributed by atoms with Crippen molar-refractivity contribution in [3.05, 3.63) is 0 Å². The van der Waals surface area contributed by atoms with Crippen molar-refractivity contribution in [3.8, 4) is 0 Å². The van der Waals surface area contributed by atoms with Crippen molar-refractivity contribution >= 4 is 0 Å². The summed E-state index contributed by atoms with van der Waals surface area (Å²) in [7, 11) is 0. The van der Waals surface area contributed by atoms with E-state index in [0.29, 0.717) is 6.54 Å². The lowest BCUT2D eigenvalue weighted by Crippen LogP contribution is -2.39. The smallest absolute Gasteiger partial charge is 0.0791 e. The molecule has 2 N–H and O–H groups in total. The Labute approximate surface area is 88.5 Å². The Kier molecular flexibility index (Phi) is 9.35. The summed E-state index contributed by atoms with van der Waals surface area (Å²) in [4.78, 5) is 2.34. The zero-order valence-electron chi connectivity index (χ0n) is 9.92. The number of aliphatic hydroxyl groups excluding tert-OH is 1. The van der Waals surface area contributed by atoms with Crippen LogP contribution in [0.4, 0.5) is 0 Å². The normalized spacial score (nSPS) is 13.5. The molecule has 0 aliphatic carbocycles. The van der Waals surface area contributed by atoms with Crippen LogP contribution >= 0.6 is 0 Å². The summed E-state index contributed by atoms with van der Waals surface area (Å²) in [5.74, 6) is 0. The maximum absolute atomic E-state index is 9.70. The van der Waals surface area contributed by atoms with Gasteiger partial charge in [0.2, 0.25) is 0 Å². The minimum atomic E-state index is -0.229. The van der Waals surface area contributed by atoms with Crippen LogP contribution in [0.5, 0.6) is 0 Å². The highest BCUT2D eigenvalue weighted by Crippen LogP contribution is 1.96. The minimum absolute atomic E-state index is 0.229. The van der Waals surface area contributed by atoms with Crippen molar-refractivity contribution in [1.29, 1.82) is 0 Å². The summed E-state index contributed by atoms with van der Waals surface area (Å²) < 4.78 is 0. The lowest BCUT2D eigenvalue weighted by molar-refractivity contribution is 0.111. The third-order valence-corrected chi connectivity index (χ3v) is 2.18. The van der Waals surface area contributed by atoms with Gasteiger partial charge in [0.15, 0.2) is 0 Å². The van der Waals surface area contributed by atoms with Crippen LogP contribution in [0.2, 0.25) is 0 Å². The van der Waals surface area contributed by atoms with Gasteiger partial charge in [0.05, 0.1) is 6.10 Å². The summed E-state index contributed by atoms with van der Waals surface area (Å²) in [5, 5.41) is 12.9. The van der Waals surface area contributed by atoms with Crippen LogP contribution < -0.4 is 5.32 Å². The number of nitrogens with zero attached hydrogens (tertiary/aromatic N) is 1. The quantitative estimate of drug-likeness (QED) is 0.587. The van der Waals surface area contributed by atoms with Gasteiger partial charge in [-0.1, -0.05) is 20.8 Å². The Morgan fingerprint density at radius 2 is 1.71 bits per heavy atom. The number of rotatable bonds is 9. The monoisotopic (exact) mass is 202 g/mol. The molecule has 0 fully saturated rings. The first-order valence-electron chi connectivity index (χ1n) is 5.85. The molecule has 0 amide bonds. The topological polar surface area (TPSA) is 35.5 Å². The van der Waals surface area contributed by atoms with Crippen molar-refractivity contribution in [2.24, 2.45) is 0 Å². The summed E-state index contributed by atoms with van der Waals surface area (Å²) in [6.45, 7) is 11.0. The molecule has 0 aliphatic rings. The molecule has 0 aromatic rings. The van der Waals surface area contributed by atoms with Gasteiger partial charge in [-0.25, -0.2) is 0 Å². The van der Waals surface area contributed by atoms with Crippen LogP contribution in [-0.2, 0) is 0 Å². The van der Waals surface area contributed by atoms with Crippen LogP contribution in [0, 0.1) is 0 Å². The first kappa shape index (κ1) is 13.9. The standard InChI is InChI=1S/C11H26N2O/c1-4-7-13(8-5-2)10-11(14)9-12-6-3/h11-12,14H,4-10H2,1-3H3. The second kappa shape index (κ2) is 9.44. The van der Waals surface area contributed by atoms with Gasteiger partial charge in [-0.15, -0.1) is 0 Å². The fraction of sp³-hybridized carbons (Fsp3) is 1.00. The molecule has 3 heteroatoms. The van der Waals surface area contributed by atoms with Gasteiger partial charge >= 0.3 is 0 Å². The molecule has 1 unspecified atom stereocenters. The van der Waals surface area contributed by atoms with Crippen LogP contribution in [-0.4, -0.2) is 48.8 Å². The van der Waals surface area contributed by atoms with E-state index in [-0.39, 0.29) is 6.10 Å². The summed E-state index contributed by atoms with van der Waals surface area (Å²) in [6, 6.07) is 0. The molecule has 0 saturated carbocycles. The van der Waals surface area contributed by atoms with Gasteiger partial charge < -0.3 is 15.3 Å². The lowest BCUT2D eigenvalue weighted by atomic mass is 10.3. The Hall–Kier alpha value is -0.120. The molecule has 0 bridgehead atoms. The van der Waals surface area contributed by atoms with E-state index in [0.717, 1.165) is 39.0 Å². The van der Waals surface area contributed by atoms with Gasteiger partial charge in [0.1, 0.15) is 0 Å². The van der Waals surface area contributed by atoms with Gasteiger partial charge in [-0.2, -0.15) is 0 Å². The van der Waals surface area contributed by atoms with E-state index in [1.165, 1.54) is 0 Å². The molecule has 0 aromatic carbocycles. The maximum Gasteiger partial charge on any atom is 0.0791 e. The number of likely N-dealkylation sites (N-methyl/N-ethyl adjacent to an activating group) is 1. The molecule has 3 nitrogen and oxygen atoms in total. The van der Waals surface area contributed by atoms with Crippen molar-refractivity contribution in [2.45, 2.75) is 39.7 Å². The van der Waals surface area contributed by atoms with Crippen molar-refractivity contribution < 1.29 is 5.11 Å². The van der Waals surface area contributed by atoms with Gasteiger partial charge in [-0.3, -0.25) is 0 Å². The number of hydrogen-bond donors (Lipinski definition) is 2. The fourth-order valence-electron chi connectivity index (χ4n) is 1.60. The van der Waals surface area contributed by atoms with Crippen LogP contribution in [0.15, 0.2) is 0 Å². The Balaban J connectivity index is 3.64. The zero-order valence-corrected chi connectivity index (χ0v) is 9.92. The van der Waals surface area contributed by atoms with Crippen LogP contribution in [0.25, 0.3) is 0 Å². The SMILES string of the molecule is CCCN(CCC)CC(O)CNCC. The molecule has 0 spiro atoms. The van der Waals surface area contributed by atoms with E-state index in [1.807, 2.05) is 0 Å². The van der Waals surface area contributed by atoms with E-state index in [9.17, 15) is 5.11 Å². The summed E-state index contributed by atoms with van der Waals surface area (Å²) in [5.41, 5.74) is 0. The second-order valence-electron chi connectivity index (χ2n) is 3.76. The van der Waals surface area contributed by atoms with Crippen molar-refractivity contribution in [1.82, 2.24) is 10.2 Å². The van der Waals surface area contributed by atoms with Crippen LogP contribution in [0.3, 0.4) is 0 Å². The largest absolute Gasteiger partial charge is 0.390 e. The van der Waals surface area contributed by atoms with Gasteiger partial charge in [0, 0.05) is 13.1 Å². The maximum atomic E-state index is 9.70. The molecule has 14 heavy (non-hydrogen) atoms. The third kappa shape index (κ3) is 7.30. The highest BCUT2D eigenvalue weighted by atomic mass is 16.3. The number of hydrogen-bond acceptors (Lipinski definition) is 3. The zero-order chi connectivity index (χ0) is 10.8. The van der Waals surface area contributed by atoms with Crippen molar-refractivity contribution in [3.63, 3.8) is 0 Å². The number of aliphatic hydroxyl groups is 1. The van der Waals surface area contributed by atoms with E-state index >= 15 is 0 Å². The average Bonchev–Trinajstić information content (AvgIpc) is 2.15. The third-order valence-electron chi connectivity index (χ3n) is 2.18. The molecule has 0 aromatic heterocycles. The van der Waals surface area contributed by atoms with E-state index in [2.05, 4.69) is 31.0 Å². The van der Waals surface area contributed by atoms with E-state index < -0.39 is 0 Å². The predicted octanol–water partition coefficient (Wildman–Crippen LogP) is 1.08. The average molecular weight is 202 g/mol. The molecule has 0 heterocycles. The summed E-state index contributed by atoms with van der Waals surface area (Å²) >= 11 is 0. The van der Waals surface area contributed by atoms with Crippen molar-refractivity contribution in [2.75, 3.05) is 32.7 Å². The second-order valence-corrected chi connectivity index (χ2v) is 3.76. The molecular weight excluding hydrogens is 176 g/mol. The first-order chi connectivity index (χ1) is 6.74. The molecule has 0 saturated heterocycles. The fourth-order valence-corrected chi connectivity index (χ4v) is 1.60. The Bertz CT molecular complexity index is 114. The lowest BCUT2D eigenvalue weighted by Gasteiger charge is -2.24. The van der Waals surface area contributed by atoms with Crippen LogP contribution in [0.1, 0.15) is 33.6 Å². The Morgan fingerprint density at radius 3 is 2.14 bits per heavy atom. The predicted molar refractivity (Wildman–Crippen MR) is 61.6 cm³/mol. The van der Waals surface area contributed by atoms with E-state index in [4.69, 9.17) is 0 Å².